The summed E-state index contributed by atoms with van der Waals surface area (Å²) in [7, 11) is 0. The molecule has 5 heteroatoms. The molecule has 2 aromatic carbocycles. The molecule has 0 fully saturated rings. The molecule has 2 amide bonds. The van der Waals surface area contributed by atoms with Gasteiger partial charge in [0.1, 0.15) is 0 Å². The Balaban J connectivity index is 1.64. The van der Waals surface area contributed by atoms with Gasteiger partial charge in [-0.3, -0.25) is 9.59 Å². The number of nitrogens with zero attached hydrogens (tertiary/aromatic N) is 1. The van der Waals surface area contributed by atoms with Crippen molar-refractivity contribution in [1.82, 2.24) is 5.32 Å². The molecule has 144 valence electrons. The Morgan fingerprint density at radius 3 is 2.36 bits per heavy atom. The summed E-state index contributed by atoms with van der Waals surface area (Å²) in [6.07, 6.45) is 2.78. The van der Waals surface area contributed by atoms with E-state index in [2.05, 4.69) is 42.2 Å². The minimum Gasteiger partial charge on any atom is -0.356 e. The Bertz CT molecular complexity index is 951. The average molecular weight is 393 g/mol. The maximum atomic E-state index is 13.1. The molecule has 1 aliphatic heterocycles. The van der Waals surface area contributed by atoms with Gasteiger partial charge >= 0.3 is 0 Å². The highest BCUT2D eigenvalue weighted by atomic mass is 32.1. The zero-order valence-electron chi connectivity index (χ0n) is 15.8. The average Bonchev–Trinajstić information content (AvgIpc) is 2.66. The number of anilines is 1. The molecule has 0 aromatic heterocycles. The first-order valence-corrected chi connectivity index (χ1v) is 10.4. The molecule has 2 aliphatic rings. The van der Waals surface area contributed by atoms with Gasteiger partial charge in [0, 0.05) is 24.9 Å². The molecule has 0 radical (unpaired) electrons. The number of rotatable bonds is 5. The van der Waals surface area contributed by atoms with E-state index in [9.17, 15) is 9.59 Å². The first-order chi connectivity index (χ1) is 13.7. The van der Waals surface area contributed by atoms with E-state index in [4.69, 9.17) is 0 Å². The predicted molar refractivity (Wildman–Crippen MR) is 116 cm³/mol. The largest absolute Gasteiger partial charge is 0.356 e. The van der Waals surface area contributed by atoms with E-state index in [1.807, 2.05) is 29.2 Å². The second-order valence-electron chi connectivity index (χ2n) is 7.18. The number of fused-ring (bicyclic) bond motifs is 4. The number of thiol groups is 1. The van der Waals surface area contributed by atoms with Crippen molar-refractivity contribution >= 4 is 41.3 Å². The summed E-state index contributed by atoms with van der Waals surface area (Å²) >= 11 is 4.07. The van der Waals surface area contributed by atoms with Crippen LogP contribution in [0.1, 0.15) is 42.4 Å². The van der Waals surface area contributed by atoms with Gasteiger partial charge in [0.15, 0.2) is 0 Å². The molecule has 4 rings (SSSR count). The minimum absolute atomic E-state index is 0.0248. The van der Waals surface area contributed by atoms with E-state index in [0.29, 0.717) is 25.3 Å². The Labute approximate surface area is 171 Å². The molecule has 0 unspecified atom stereocenters. The van der Waals surface area contributed by atoms with Crippen molar-refractivity contribution in [2.75, 3.05) is 17.2 Å². The Morgan fingerprint density at radius 1 is 0.929 bits per heavy atom. The van der Waals surface area contributed by atoms with Gasteiger partial charge in [-0.1, -0.05) is 42.5 Å². The molecular weight excluding hydrogens is 368 g/mol. The number of allylic oxidation sites excluding steroid dienone is 2. The standard InChI is InChI=1S/C23H24N2O2S/c26-22(12-14-28)24-13-11-23(27)25-15-16-5-1-2-6-17(16)18-9-10-19(18)20-7-3-4-8-21(20)25/h1-8,28H,9-15H2,(H,24,26). The number of benzene rings is 2. The summed E-state index contributed by atoms with van der Waals surface area (Å²) in [5.41, 5.74) is 7.33. The minimum atomic E-state index is -0.0644. The van der Waals surface area contributed by atoms with Gasteiger partial charge in [0.05, 0.1) is 12.2 Å². The Morgan fingerprint density at radius 2 is 1.61 bits per heavy atom. The van der Waals surface area contributed by atoms with Crippen LogP contribution in [0.4, 0.5) is 5.69 Å². The van der Waals surface area contributed by atoms with Gasteiger partial charge in [-0.05, 0) is 46.9 Å². The number of amides is 2. The van der Waals surface area contributed by atoms with Gasteiger partial charge < -0.3 is 10.2 Å². The van der Waals surface area contributed by atoms with Crippen molar-refractivity contribution in [1.29, 1.82) is 0 Å². The predicted octanol–water partition coefficient (Wildman–Crippen LogP) is 4.06. The number of carbonyl (C=O) groups is 2. The van der Waals surface area contributed by atoms with E-state index >= 15 is 0 Å². The van der Waals surface area contributed by atoms with E-state index in [1.54, 1.807) is 0 Å². The monoisotopic (exact) mass is 392 g/mol. The molecule has 4 nitrogen and oxygen atoms in total. The zero-order valence-corrected chi connectivity index (χ0v) is 16.7. The Hall–Kier alpha value is -2.53. The third-order valence-electron chi connectivity index (χ3n) is 5.48. The third-order valence-corrected chi connectivity index (χ3v) is 5.70. The van der Waals surface area contributed by atoms with Crippen molar-refractivity contribution in [3.8, 4) is 0 Å². The SMILES string of the molecule is O=C(CCS)NCCC(=O)N1Cc2ccccc2C2=C(CC2)c2ccccc21. The summed E-state index contributed by atoms with van der Waals surface area (Å²) in [5.74, 6) is 0.468. The lowest BCUT2D eigenvalue weighted by Crippen LogP contribution is -2.35. The van der Waals surface area contributed by atoms with Crippen LogP contribution < -0.4 is 10.2 Å². The molecule has 0 atom stereocenters. The van der Waals surface area contributed by atoms with Gasteiger partial charge in [0.25, 0.3) is 0 Å². The van der Waals surface area contributed by atoms with Gasteiger partial charge in [0.2, 0.25) is 11.8 Å². The molecule has 0 spiro atoms. The van der Waals surface area contributed by atoms with Crippen LogP contribution in [0.25, 0.3) is 11.1 Å². The molecule has 0 saturated carbocycles. The number of nitrogens with one attached hydrogen (secondary N) is 1. The molecule has 1 N–H and O–H groups in total. The fourth-order valence-corrected chi connectivity index (χ4v) is 4.20. The van der Waals surface area contributed by atoms with Crippen LogP contribution in [0.2, 0.25) is 0 Å². The summed E-state index contributed by atoms with van der Waals surface area (Å²) < 4.78 is 0. The number of para-hydroxylation sites is 1. The zero-order chi connectivity index (χ0) is 19.5. The van der Waals surface area contributed by atoms with Crippen LogP contribution in [0, 0.1) is 0 Å². The van der Waals surface area contributed by atoms with E-state index in [0.717, 1.165) is 24.1 Å². The number of hydrogen-bond donors (Lipinski definition) is 2. The van der Waals surface area contributed by atoms with Crippen molar-refractivity contribution in [2.24, 2.45) is 0 Å². The molecule has 28 heavy (non-hydrogen) atoms. The van der Waals surface area contributed by atoms with E-state index < -0.39 is 0 Å². The fraction of sp³-hybridized carbons (Fsp3) is 0.304. The van der Waals surface area contributed by atoms with Crippen molar-refractivity contribution in [2.45, 2.75) is 32.2 Å². The highest BCUT2D eigenvalue weighted by Gasteiger charge is 2.30. The van der Waals surface area contributed by atoms with Crippen LogP contribution in [-0.4, -0.2) is 24.1 Å². The van der Waals surface area contributed by atoms with Crippen molar-refractivity contribution < 1.29 is 9.59 Å². The lowest BCUT2D eigenvalue weighted by Gasteiger charge is -2.35. The van der Waals surface area contributed by atoms with Crippen LogP contribution in [0.3, 0.4) is 0 Å². The molecule has 0 saturated heterocycles. The van der Waals surface area contributed by atoms with Crippen molar-refractivity contribution in [3.05, 3.63) is 65.2 Å². The second-order valence-corrected chi connectivity index (χ2v) is 7.63. The quantitative estimate of drug-likeness (QED) is 0.754. The number of hydrogen-bond acceptors (Lipinski definition) is 3. The first-order valence-electron chi connectivity index (χ1n) is 9.76. The van der Waals surface area contributed by atoms with Gasteiger partial charge in [-0.25, -0.2) is 0 Å². The van der Waals surface area contributed by atoms with E-state index in [-0.39, 0.29) is 18.2 Å². The van der Waals surface area contributed by atoms with E-state index in [1.165, 1.54) is 22.3 Å². The maximum Gasteiger partial charge on any atom is 0.229 e. The molecular formula is C23H24N2O2S. The van der Waals surface area contributed by atoms with Gasteiger partial charge in [-0.15, -0.1) is 0 Å². The van der Waals surface area contributed by atoms with Gasteiger partial charge in [-0.2, -0.15) is 12.6 Å². The topological polar surface area (TPSA) is 49.4 Å². The normalized spacial score (nSPS) is 14.8. The summed E-state index contributed by atoms with van der Waals surface area (Å²) in [6.45, 7) is 0.896. The molecule has 1 heterocycles. The second kappa shape index (κ2) is 8.23. The van der Waals surface area contributed by atoms with Crippen LogP contribution in [0.15, 0.2) is 48.5 Å². The lowest BCUT2D eigenvalue weighted by atomic mass is 9.77. The van der Waals surface area contributed by atoms with Crippen molar-refractivity contribution in [3.63, 3.8) is 0 Å². The molecule has 0 bridgehead atoms. The van der Waals surface area contributed by atoms with Crippen LogP contribution >= 0.6 is 12.6 Å². The molecule has 2 aromatic rings. The Kier molecular flexibility index (Phi) is 5.53. The fourth-order valence-electron chi connectivity index (χ4n) is 4.00. The smallest absolute Gasteiger partial charge is 0.229 e. The summed E-state index contributed by atoms with van der Waals surface area (Å²) in [6, 6.07) is 16.6. The number of carbonyl (C=O) groups excluding carboxylic acids is 2. The van der Waals surface area contributed by atoms with Crippen LogP contribution in [0.5, 0.6) is 0 Å². The summed E-state index contributed by atoms with van der Waals surface area (Å²) in [5, 5.41) is 2.81. The lowest BCUT2D eigenvalue weighted by molar-refractivity contribution is -0.121. The first kappa shape index (κ1) is 18.8. The summed E-state index contributed by atoms with van der Waals surface area (Å²) in [4.78, 5) is 26.7. The highest BCUT2D eigenvalue weighted by Crippen LogP contribution is 2.47. The van der Waals surface area contributed by atoms with Crippen LogP contribution in [-0.2, 0) is 16.1 Å². The third kappa shape index (κ3) is 3.59. The molecule has 1 aliphatic carbocycles. The highest BCUT2D eigenvalue weighted by molar-refractivity contribution is 7.80. The maximum absolute atomic E-state index is 13.1.